The molecule has 0 aliphatic heterocycles. The molecule has 1 unspecified atom stereocenters. The minimum Gasteiger partial charge on any atom is -0.504 e. The fourth-order valence-corrected chi connectivity index (χ4v) is 3.75. The molecular weight excluding hydrogens is 374 g/mol. The van der Waals surface area contributed by atoms with Gasteiger partial charge in [-0.3, -0.25) is 0 Å². The van der Waals surface area contributed by atoms with Gasteiger partial charge in [-0.2, -0.15) is 0 Å². The van der Waals surface area contributed by atoms with Crippen molar-refractivity contribution in [2.24, 2.45) is 0 Å². The number of ether oxygens (including phenoxy) is 1. The number of aryl methyl sites for hydroxylation is 2. The van der Waals surface area contributed by atoms with Crippen LogP contribution in [0.25, 0.3) is 11.1 Å². The largest absolute Gasteiger partial charge is 0.504 e. The minimum atomic E-state index is 0.0522. The van der Waals surface area contributed by atoms with Gasteiger partial charge in [0.1, 0.15) is 18.5 Å². The number of aromatic hydroxyl groups is 1. The molecule has 3 aromatic rings. The Morgan fingerprint density at radius 1 is 0.967 bits per heavy atom. The van der Waals surface area contributed by atoms with Crippen molar-refractivity contribution in [1.29, 1.82) is 0 Å². The van der Waals surface area contributed by atoms with Gasteiger partial charge in [0, 0.05) is 5.56 Å². The average molecular weight is 406 g/mol. The summed E-state index contributed by atoms with van der Waals surface area (Å²) in [7, 11) is 0. The molecule has 0 aliphatic rings. The summed E-state index contributed by atoms with van der Waals surface area (Å²) < 4.78 is 6.23. The summed E-state index contributed by atoms with van der Waals surface area (Å²) >= 11 is 0. The molecule has 0 fully saturated rings. The number of nitrogens with zero attached hydrogens (tertiary/aromatic N) is 3. The number of hydrogen-bond donors (Lipinski definition) is 1. The van der Waals surface area contributed by atoms with Gasteiger partial charge in [0.25, 0.3) is 0 Å². The van der Waals surface area contributed by atoms with Crippen molar-refractivity contribution in [2.45, 2.75) is 58.8 Å². The van der Waals surface area contributed by atoms with E-state index < -0.39 is 0 Å². The van der Waals surface area contributed by atoms with Crippen LogP contribution in [0.3, 0.4) is 0 Å². The van der Waals surface area contributed by atoms with Gasteiger partial charge in [-0.25, -0.2) is 15.0 Å². The molecule has 0 radical (unpaired) electrons. The van der Waals surface area contributed by atoms with E-state index >= 15 is 0 Å². The van der Waals surface area contributed by atoms with E-state index in [9.17, 15) is 5.11 Å². The number of rotatable bonds is 10. The molecular formula is C25H31N3O2. The summed E-state index contributed by atoms with van der Waals surface area (Å²) in [5.74, 6) is 1.45. The molecule has 0 saturated carbocycles. The lowest BCUT2D eigenvalue weighted by Gasteiger charge is -2.19. The second kappa shape index (κ2) is 10.7. The first-order valence-electron chi connectivity index (χ1n) is 10.7. The third kappa shape index (κ3) is 5.56. The third-order valence-corrected chi connectivity index (χ3v) is 5.38. The minimum absolute atomic E-state index is 0.0522. The van der Waals surface area contributed by atoms with E-state index in [2.05, 4.69) is 53.9 Å². The lowest BCUT2D eigenvalue weighted by atomic mass is 9.97. The van der Waals surface area contributed by atoms with Crippen molar-refractivity contribution in [3.05, 3.63) is 66.0 Å². The van der Waals surface area contributed by atoms with E-state index in [1.807, 2.05) is 12.1 Å². The van der Waals surface area contributed by atoms with E-state index in [1.165, 1.54) is 37.5 Å². The lowest BCUT2D eigenvalue weighted by Crippen LogP contribution is -2.14. The van der Waals surface area contributed by atoms with Crippen molar-refractivity contribution in [2.75, 3.05) is 6.61 Å². The molecule has 0 amide bonds. The zero-order valence-corrected chi connectivity index (χ0v) is 18.1. The van der Waals surface area contributed by atoms with Crippen molar-refractivity contribution in [3.8, 4) is 22.6 Å². The predicted molar refractivity (Wildman–Crippen MR) is 120 cm³/mol. The summed E-state index contributed by atoms with van der Waals surface area (Å²) in [4.78, 5) is 12.6. The maximum atomic E-state index is 10.6. The Kier molecular flexibility index (Phi) is 7.77. The zero-order chi connectivity index (χ0) is 21.3. The van der Waals surface area contributed by atoms with Gasteiger partial charge in [0.15, 0.2) is 11.5 Å². The first-order chi connectivity index (χ1) is 14.6. The predicted octanol–water partition coefficient (Wildman–Crippen LogP) is 5.99. The standard InChI is InChI=1S/C25H31N3O2/c1-4-5-6-7-9-20(25-27-16-26-17-28-25)15-30-24-22(10-8-11-23(24)29)21-13-12-18(2)14-19(21)3/h8,10-14,16-17,20,29H,4-7,9,15H2,1-3H3. The Labute approximate surface area is 179 Å². The number of hydrogen-bond acceptors (Lipinski definition) is 5. The van der Waals surface area contributed by atoms with Gasteiger partial charge in [-0.15, -0.1) is 0 Å². The summed E-state index contributed by atoms with van der Waals surface area (Å²) in [5, 5.41) is 10.6. The molecule has 5 nitrogen and oxygen atoms in total. The van der Waals surface area contributed by atoms with Crippen LogP contribution in [0.15, 0.2) is 49.1 Å². The molecule has 1 aromatic heterocycles. The van der Waals surface area contributed by atoms with Gasteiger partial charge in [0.05, 0.1) is 12.5 Å². The molecule has 1 heterocycles. The van der Waals surface area contributed by atoms with Gasteiger partial charge < -0.3 is 9.84 Å². The highest BCUT2D eigenvalue weighted by Crippen LogP contribution is 2.39. The molecule has 5 heteroatoms. The molecule has 0 bridgehead atoms. The topological polar surface area (TPSA) is 68.1 Å². The van der Waals surface area contributed by atoms with E-state index in [0.717, 1.165) is 35.4 Å². The highest BCUT2D eigenvalue weighted by Gasteiger charge is 2.19. The van der Waals surface area contributed by atoms with E-state index in [-0.39, 0.29) is 11.7 Å². The van der Waals surface area contributed by atoms with Crippen molar-refractivity contribution in [1.82, 2.24) is 15.0 Å². The summed E-state index contributed by atoms with van der Waals surface area (Å²) in [6.45, 7) is 6.77. The second-order valence-electron chi connectivity index (χ2n) is 7.83. The Morgan fingerprint density at radius 3 is 2.50 bits per heavy atom. The molecule has 0 spiro atoms. The summed E-state index contributed by atoms with van der Waals surface area (Å²) in [6.07, 6.45) is 8.70. The van der Waals surface area contributed by atoms with Crippen LogP contribution in [-0.2, 0) is 0 Å². The number of aromatic nitrogens is 3. The molecule has 1 atom stereocenters. The Bertz CT molecular complexity index is 944. The fourth-order valence-electron chi connectivity index (χ4n) is 3.75. The quantitative estimate of drug-likeness (QED) is 0.419. The van der Waals surface area contributed by atoms with E-state index in [0.29, 0.717) is 12.4 Å². The van der Waals surface area contributed by atoms with Crippen molar-refractivity contribution in [3.63, 3.8) is 0 Å². The maximum absolute atomic E-state index is 10.6. The number of benzene rings is 2. The second-order valence-corrected chi connectivity index (χ2v) is 7.83. The monoisotopic (exact) mass is 405 g/mol. The SMILES string of the molecule is CCCCCCC(COc1c(O)cccc1-c1ccc(C)cc1C)c1ncncn1. The third-order valence-electron chi connectivity index (χ3n) is 5.38. The molecule has 0 saturated heterocycles. The van der Waals surface area contributed by atoms with Crippen molar-refractivity contribution < 1.29 is 9.84 Å². The van der Waals surface area contributed by atoms with E-state index in [4.69, 9.17) is 4.74 Å². The lowest BCUT2D eigenvalue weighted by molar-refractivity contribution is 0.262. The van der Waals surface area contributed by atoms with Gasteiger partial charge in [-0.05, 0) is 37.5 Å². The normalized spacial score (nSPS) is 12.0. The van der Waals surface area contributed by atoms with Crippen molar-refractivity contribution >= 4 is 0 Å². The Hall–Kier alpha value is -2.95. The highest BCUT2D eigenvalue weighted by atomic mass is 16.5. The Morgan fingerprint density at radius 2 is 1.77 bits per heavy atom. The summed E-state index contributed by atoms with van der Waals surface area (Å²) in [6, 6.07) is 11.8. The zero-order valence-electron chi connectivity index (χ0n) is 18.1. The number of phenolic OH excluding ortho intramolecular Hbond substituents is 1. The molecule has 2 aromatic carbocycles. The van der Waals surface area contributed by atoms with Gasteiger partial charge in [-0.1, -0.05) is 68.5 Å². The molecule has 158 valence electrons. The van der Waals surface area contributed by atoms with Crippen LogP contribution >= 0.6 is 0 Å². The smallest absolute Gasteiger partial charge is 0.168 e. The number of para-hydroxylation sites is 1. The van der Waals surface area contributed by atoms with Crippen LogP contribution in [0, 0.1) is 13.8 Å². The average Bonchev–Trinajstić information content (AvgIpc) is 2.75. The Balaban J connectivity index is 1.83. The molecule has 3 rings (SSSR count). The van der Waals surface area contributed by atoms with Gasteiger partial charge >= 0.3 is 0 Å². The highest BCUT2D eigenvalue weighted by molar-refractivity contribution is 5.76. The van der Waals surface area contributed by atoms with Crippen LogP contribution in [0.2, 0.25) is 0 Å². The summed E-state index contributed by atoms with van der Waals surface area (Å²) in [5.41, 5.74) is 4.32. The van der Waals surface area contributed by atoms with Gasteiger partial charge in [0.2, 0.25) is 0 Å². The number of unbranched alkanes of at least 4 members (excludes halogenated alkanes) is 3. The molecule has 0 aliphatic carbocycles. The van der Waals surface area contributed by atoms with Crippen LogP contribution in [0.5, 0.6) is 11.5 Å². The maximum Gasteiger partial charge on any atom is 0.168 e. The van der Waals surface area contributed by atoms with Crippen LogP contribution < -0.4 is 4.74 Å². The van der Waals surface area contributed by atoms with Crippen LogP contribution in [-0.4, -0.2) is 26.7 Å². The molecule has 30 heavy (non-hydrogen) atoms. The van der Waals surface area contributed by atoms with Crippen LogP contribution in [0.1, 0.15) is 61.9 Å². The number of phenols is 1. The van der Waals surface area contributed by atoms with Crippen LogP contribution in [0.4, 0.5) is 0 Å². The van der Waals surface area contributed by atoms with E-state index in [1.54, 1.807) is 6.07 Å². The fraction of sp³-hybridized carbons (Fsp3) is 0.400. The first-order valence-corrected chi connectivity index (χ1v) is 10.7. The first kappa shape index (κ1) is 21.8. The molecule has 1 N–H and O–H groups in total.